The number of aromatic nitrogens is 2. The highest BCUT2D eigenvalue weighted by atomic mass is 19.1. The molecule has 2 aromatic heterocycles. The molecule has 35 heavy (non-hydrogen) atoms. The zero-order valence-electron chi connectivity index (χ0n) is 19.5. The number of hydrogen-bond acceptors (Lipinski definition) is 4. The second-order valence-electron chi connectivity index (χ2n) is 8.80. The van der Waals surface area contributed by atoms with Gasteiger partial charge in [-0.25, -0.2) is 4.39 Å². The Morgan fingerprint density at radius 3 is 2.63 bits per heavy atom. The average molecular weight is 473 g/mol. The van der Waals surface area contributed by atoms with Crippen molar-refractivity contribution in [3.05, 3.63) is 95.6 Å². The fourth-order valence-corrected chi connectivity index (χ4v) is 4.42. The van der Waals surface area contributed by atoms with Crippen molar-refractivity contribution < 1.29 is 18.4 Å². The van der Waals surface area contributed by atoms with E-state index in [2.05, 4.69) is 10.4 Å². The highest BCUT2D eigenvalue weighted by Crippen LogP contribution is 2.34. The lowest BCUT2D eigenvalue weighted by atomic mass is 9.93. The van der Waals surface area contributed by atoms with Gasteiger partial charge in [-0.05, 0) is 60.9 Å². The van der Waals surface area contributed by atoms with Gasteiger partial charge in [-0.1, -0.05) is 31.2 Å². The van der Waals surface area contributed by atoms with Crippen LogP contribution >= 0.6 is 0 Å². The number of nitrogens with one attached hydrogen (secondary N) is 1. The maximum absolute atomic E-state index is 13.8. The van der Waals surface area contributed by atoms with Crippen molar-refractivity contribution in [2.45, 2.75) is 38.9 Å². The molecule has 1 atom stereocenters. The Hall–Kier alpha value is -4.20. The van der Waals surface area contributed by atoms with Crippen LogP contribution in [-0.4, -0.2) is 27.1 Å². The third-order valence-electron chi connectivity index (χ3n) is 6.36. The number of furan rings is 1. The fourth-order valence-electron chi connectivity index (χ4n) is 4.42. The van der Waals surface area contributed by atoms with E-state index < -0.39 is 5.54 Å². The summed E-state index contributed by atoms with van der Waals surface area (Å²) in [5, 5.41) is 7.49. The Balaban J connectivity index is 1.53. The van der Waals surface area contributed by atoms with Gasteiger partial charge in [0.15, 0.2) is 5.76 Å². The molecule has 4 aromatic rings. The van der Waals surface area contributed by atoms with Crippen LogP contribution in [0, 0.1) is 5.82 Å². The number of carbonyl (C=O) groups is 2. The van der Waals surface area contributed by atoms with Crippen molar-refractivity contribution in [3.63, 3.8) is 0 Å². The standard InChI is InChI=1S/C27H25FN4O3/c1-3-18-6-4-7-21(14-18)32-25(33)23-15-22(24-8-5-13-35-24)30-31(23)17-27(32,2)26(34)29-16-19-9-11-20(28)12-10-19/h4-15H,3,16-17H2,1-2H3,(H,29,34)/t27-/m1/s1. The molecule has 0 fully saturated rings. The first-order valence-corrected chi connectivity index (χ1v) is 11.5. The molecule has 0 bridgehead atoms. The van der Waals surface area contributed by atoms with E-state index in [0.29, 0.717) is 22.8 Å². The number of anilines is 1. The van der Waals surface area contributed by atoms with Crippen LogP contribution < -0.4 is 10.2 Å². The van der Waals surface area contributed by atoms with Crippen molar-refractivity contribution in [1.29, 1.82) is 0 Å². The summed E-state index contributed by atoms with van der Waals surface area (Å²) in [6.07, 6.45) is 2.34. The Kier molecular flexibility index (Phi) is 5.72. The van der Waals surface area contributed by atoms with Gasteiger partial charge >= 0.3 is 0 Å². The van der Waals surface area contributed by atoms with Crippen molar-refractivity contribution in [2.24, 2.45) is 0 Å². The Morgan fingerprint density at radius 2 is 1.91 bits per heavy atom. The van der Waals surface area contributed by atoms with Crippen LogP contribution in [0.25, 0.3) is 11.5 Å². The topological polar surface area (TPSA) is 80.4 Å². The normalized spacial score (nSPS) is 17.3. The summed E-state index contributed by atoms with van der Waals surface area (Å²) >= 11 is 0. The van der Waals surface area contributed by atoms with Gasteiger partial charge in [0, 0.05) is 18.3 Å². The number of rotatable bonds is 6. The van der Waals surface area contributed by atoms with Crippen molar-refractivity contribution >= 4 is 17.5 Å². The van der Waals surface area contributed by atoms with Gasteiger partial charge in [-0.15, -0.1) is 0 Å². The van der Waals surface area contributed by atoms with E-state index in [4.69, 9.17) is 4.42 Å². The molecule has 1 aliphatic rings. The predicted octanol–water partition coefficient (Wildman–Crippen LogP) is 4.58. The lowest BCUT2D eigenvalue weighted by molar-refractivity contribution is -0.126. The summed E-state index contributed by atoms with van der Waals surface area (Å²) in [6, 6.07) is 18.8. The fraction of sp³-hybridized carbons (Fsp3) is 0.222. The molecular formula is C27H25FN4O3. The van der Waals surface area contributed by atoms with Gasteiger partial charge in [0.25, 0.3) is 5.91 Å². The van der Waals surface area contributed by atoms with E-state index in [1.165, 1.54) is 12.1 Å². The third kappa shape index (κ3) is 4.12. The summed E-state index contributed by atoms with van der Waals surface area (Å²) in [5.41, 5.74) is 2.09. The summed E-state index contributed by atoms with van der Waals surface area (Å²) < 4.78 is 20.3. The number of amides is 2. The molecule has 1 aliphatic heterocycles. The number of nitrogens with zero attached hydrogens (tertiary/aromatic N) is 3. The summed E-state index contributed by atoms with van der Waals surface area (Å²) in [7, 11) is 0. The third-order valence-corrected chi connectivity index (χ3v) is 6.36. The van der Waals surface area contributed by atoms with Crippen LogP contribution in [0.1, 0.15) is 35.5 Å². The van der Waals surface area contributed by atoms with Gasteiger partial charge in [-0.2, -0.15) is 5.10 Å². The lowest BCUT2D eigenvalue weighted by Crippen LogP contribution is -2.64. The molecule has 3 heterocycles. The van der Waals surface area contributed by atoms with Gasteiger partial charge in [0.2, 0.25) is 5.91 Å². The minimum atomic E-state index is -1.26. The van der Waals surface area contributed by atoms with Crippen LogP contribution in [0.3, 0.4) is 0 Å². The average Bonchev–Trinajstić information content (AvgIpc) is 3.54. The van der Waals surface area contributed by atoms with Crippen molar-refractivity contribution in [3.8, 4) is 11.5 Å². The monoisotopic (exact) mass is 472 g/mol. The number of aryl methyl sites for hydroxylation is 1. The first-order valence-electron chi connectivity index (χ1n) is 11.5. The van der Waals surface area contributed by atoms with Crippen LogP contribution in [0.2, 0.25) is 0 Å². The van der Waals surface area contributed by atoms with Crippen LogP contribution in [0.5, 0.6) is 0 Å². The number of halogens is 1. The maximum Gasteiger partial charge on any atom is 0.277 e. The number of fused-ring (bicyclic) bond motifs is 1. The molecule has 2 amide bonds. The quantitative estimate of drug-likeness (QED) is 0.446. The molecule has 2 aromatic carbocycles. The zero-order chi connectivity index (χ0) is 24.6. The molecule has 0 saturated heterocycles. The Morgan fingerprint density at radius 1 is 1.11 bits per heavy atom. The molecule has 8 heteroatoms. The van der Waals surface area contributed by atoms with Crippen LogP contribution in [0.15, 0.2) is 77.4 Å². The van der Waals surface area contributed by atoms with E-state index in [1.54, 1.807) is 53.1 Å². The van der Waals surface area contributed by atoms with E-state index in [9.17, 15) is 14.0 Å². The summed E-state index contributed by atoms with van der Waals surface area (Å²) in [4.78, 5) is 29.0. The highest BCUT2D eigenvalue weighted by Gasteiger charge is 2.49. The molecule has 5 rings (SSSR count). The van der Waals surface area contributed by atoms with Crippen molar-refractivity contribution in [2.75, 3.05) is 4.90 Å². The second kappa shape index (κ2) is 8.87. The summed E-state index contributed by atoms with van der Waals surface area (Å²) in [6.45, 7) is 4.13. The number of carbonyl (C=O) groups excluding carboxylic acids is 2. The van der Waals surface area contributed by atoms with Crippen molar-refractivity contribution in [1.82, 2.24) is 15.1 Å². The smallest absolute Gasteiger partial charge is 0.277 e. The Labute approximate surface area is 202 Å². The number of benzene rings is 2. The second-order valence-corrected chi connectivity index (χ2v) is 8.80. The van der Waals surface area contributed by atoms with E-state index in [1.807, 2.05) is 31.2 Å². The zero-order valence-corrected chi connectivity index (χ0v) is 19.5. The molecule has 0 spiro atoms. The first-order chi connectivity index (χ1) is 16.9. The molecule has 0 aliphatic carbocycles. The molecular weight excluding hydrogens is 447 g/mol. The van der Waals surface area contributed by atoms with Crippen LogP contribution in [0.4, 0.5) is 10.1 Å². The Bertz CT molecular complexity index is 1380. The van der Waals surface area contributed by atoms with E-state index in [0.717, 1.165) is 17.5 Å². The number of hydrogen-bond donors (Lipinski definition) is 1. The highest BCUT2D eigenvalue weighted by molar-refractivity contribution is 6.12. The van der Waals surface area contributed by atoms with Crippen LogP contribution in [-0.2, 0) is 24.3 Å². The lowest BCUT2D eigenvalue weighted by Gasteiger charge is -2.43. The first kappa shape index (κ1) is 22.6. The molecule has 0 unspecified atom stereocenters. The molecule has 1 N–H and O–H groups in total. The summed E-state index contributed by atoms with van der Waals surface area (Å²) in [5.74, 6) is -0.459. The van der Waals surface area contributed by atoms with Gasteiger partial charge in [0.05, 0.1) is 12.8 Å². The SMILES string of the molecule is CCc1cccc(N2C(=O)c3cc(-c4ccco4)nn3C[C@]2(C)C(=O)NCc2ccc(F)cc2)c1. The van der Waals surface area contributed by atoms with E-state index in [-0.39, 0.29) is 30.7 Å². The molecule has 178 valence electrons. The molecule has 0 saturated carbocycles. The van der Waals surface area contributed by atoms with Gasteiger partial charge < -0.3 is 9.73 Å². The molecule has 7 nitrogen and oxygen atoms in total. The van der Waals surface area contributed by atoms with E-state index >= 15 is 0 Å². The maximum atomic E-state index is 13.8. The largest absolute Gasteiger partial charge is 0.463 e. The minimum Gasteiger partial charge on any atom is -0.463 e. The molecule has 0 radical (unpaired) electrons. The minimum absolute atomic E-state index is 0.153. The van der Waals surface area contributed by atoms with Gasteiger partial charge in [-0.3, -0.25) is 19.2 Å². The van der Waals surface area contributed by atoms with Gasteiger partial charge in [0.1, 0.15) is 22.7 Å². The predicted molar refractivity (Wildman–Crippen MR) is 129 cm³/mol.